The van der Waals surface area contributed by atoms with Crippen LogP contribution in [-0.2, 0) is 4.74 Å². The van der Waals surface area contributed by atoms with E-state index < -0.39 is 0 Å². The first-order valence-corrected chi connectivity index (χ1v) is 8.65. The van der Waals surface area contributed by atoms with Crippen LogP contribution in [-0.4, -0.2) is 50.8 Å². The van der Waals surface area contributed by atoms with Gasteiger partial charge in [-0.1, -0.05) is 26.7 Å². The van der Waals surface area contributed by atoms with Gasteiger partial charge in [-0.2, -0.15) is 0 Å². The van der Waals surface area contributed by atoms with Crippen molar-refractivity contribution in [1.82, 2.24) is 10.2 Å². The third-order valence-electron chi connectivity index (χ3n) is 4.70. The Morgan fingerprint density at radius 3 is 2.65 bits per heavy atom. The molecule has 1 rings (SSSR count). The fourth-order valence-electron chi connectivity index (χ4n) is 3.58. The van der Waals surface area contributed by atoms with Crippen LogP contribution < -0.4 is 5.32 Å². The van der Waals surface area contributed by atoms with E-state index in [0.29, 0.717) is 12.1 Å². The van der Waals surface area contributed by atoms with E-state index in [1.165, 1.54) is 38.5 Å². The van der Waals surface area contributed by atoms with Gasteiger partial charge in [0.15, 0.2) is 0 Å². The Morgan fingerprint density at radius 2 is 2.00 bits per heavy atom. The number of nitrogens with one attached hydrogen (secondary N) is 1. The minimum atomic E-state index is 0.690. The van der Waals surface area contributed by atoms with Crippen molar-refractivity contribution in [3.05, 3.63) is 0 Å². The summed E-state index contributed by atoms with van der Waals surface area (Å²) in [6.45, 7) is 7.77. The number of methoxy groups -OCH3 is 1. The lowest BCUT2D eigenvalue weighted by atomic mass is 9.79. The fraction of sp³-hybridized carbons (Fsp3) is 1.00. The summed E-state index contributed by atoms with van der Waals surface area (Å²) in [5, 5.41) is 3.78. The summed E-state index contributed by atoms with van der Waals surface area (Å²) in [6, 6.07) is 1.40. The van der Waals surface area contributed by atoms with Crippen molar-refractivity contribution >= 4 is 0 Å². The normalized spacial score (nSPS) is 27.1. The monoisotopic (exact) mass is 284 g/mol. The molecule has 0 spiro atoms. The Labute approximate surface area is 126 Å². The average Bonchev–Trinajstić information content (AvgIpc) is 2.46. The van der Waals surface area contributed by atoms with Crippen molar-refractivity contribution in [2.75, 3.05) is 33.9 Å². The van der Waals surface area contributed by atoms with E-state index in [9.17, 15) is 0 Å². The molecule has 0 saturated heterocycles. The zero-order chi connectivity index (χ0) is 14.8. The third-order valence-corrected chi connectivity index (χ3v) is 4.70. The largest absolute Gasteiger partial charge is 0.385 e. The van der Waals surface area contributed by atoms with Crippen LogP contribution in [0.4, 0.5) is 0 Å². The van der Waals surface area contributed by atoms with Crippen molar-refractivity contribution in [3.8, 4) is 0 Å². The first kappa shape index (κ1) is 17.9. The number of hydrogen-bond donors (Lipinski definition) is 1. The molecular formula is C17H36N2O. The molecule has 1 N–H and O–H groups in total. The van der Waals surface area contributed by atoms with Crippen LogP contribution in [0.5, 0.6) is 0 Å². The van der Waals surface area contributed by atoms with Gasteiger partial charge >= 0.3 is 0 Å². The number of nitrogens with zero attached hydrogens (tertiary/aromatic N) is 1. The van der Waals surface area contributed by atoms with Gasteiger partial charge in [0.1, 0.15) is 0 Å². The molecule has 3 heteroatoms. The third kappa shape index (κ3) is 6.11. The second kappa shape index (κ2) is 10.6. The van der Waals surface area contributed by atoms with Gasteiger partial charge in [0, 0.05) is 32.3 Å². The van der Waals surface area contributed by atoms with Crippen molar-refractivity contribution in [3.63, 3.8) is 0 Å². The molecule has 0 bridgehead atoms. The summed E-state index contributed by atoms with van der Waals surface area (Å²) in [6.07, 6.45) is 9.25. The summed E-state index contributed by atoms with van der Waals surface area (Å²) >= 11 is 0. The summed E-state index contributed by atoms with van der Waals surface area (Å²) in [7, 11) is 4.10. The average molecular weight is 284 g/mol. The van der Waals surface area contributed by atoms with Crippen molar-refractivity contribution in [2.45, 2.75) is 70.9 Å². The molecule has 0 radical (unpaired) electrons. The Balaban J connectivity index is 2.50. The zero-order valence-electron chi connectivity index (χ0n) is 14.2. The highest BCUT2D eigenvalue weighted by molar-refractivity contribution is 4.90. The number of hydrogen-bond acceptors (Lipinski definition) is 3. The quantitative estimate of drug-likeness (QED) is 0.623. The highest BCUT2D eigenvalue weighted by Crippen LogP contribution is 2.30. The van der Waals surface area contributed by atoms with E-state index >= 15 is 0 Å². The second-order valence-corrected chi connectivity index (χ2v) is 6.42. The zero-order valence-corrected chi connectivity index (χ0v) is 14.2. The van der Waals surface area contributed by atoms with Crippen LogP contribution in [0, 0.1) is 5.92 Å². The van der Waals surface area contributed by atoms with Crippen LogP contribution in [0.2, 0.25) is 0 Å². The SMILES string of the molecule is CCCNC1CCC(CCC)CC1N(C)CCCOC. The fourth-order valence-corrected chi connectivity index (χ4v) is 3.58. The second-order valence-electron chi connectivity index (χ2n) is 6.42. The van der Waals surface area contributed by atoms with E-state index in [1.54, 1.807) is 7.11 Å². The maximum atomic E-state index is 5.19. The molecule has 0 aromatic rings. The number of ether oxygens (including phenoxy) is 1. The van der Waals surface area contributed by atoms with Gasteiger partial charge in [-0.3, -0.25) is 0 Å². The van der Waals surface area contributed by atoms with Gasteiger partial charge < -0.3 is 15.0 Å². The van der Waals surface area contributed by atoms with Gasteiger partial charge in [0.2, 0.25) is 0 Å². The molecule has 1 aliphatic rings. The minimum Gasteiger partial charge on any atom is -0.385 e. The van der Waals surface area contributed by atoms with Gasteiger partial charge in [-0.15, -0.1) is 0 Å². The van der Waals surface area contributed by atoms with Crippen LogP contribution >= 0.6 is 0 Å². The Morgan fingerprint density at radius 1 is 1.20 bits per heavy atom. The van der Waals surface area contributed by atoms with E-state index in [-0.39, 0.29) is 0 Å². The van der Waals surface area contributed by atoms with E-state index in [1.807, 2.05) is 0 Å². The van der Waals surface area contributed by atoms with Crippen LogP contribution in [0.1, 0.15) is 58.8 Å². The number of likely N-dealkylation sites (N-methyl/N-ethyl adjacent to an activating group) is 1. The lowest BCUT2D eigenvalue weighted by Gasteiger charge is -2.42. The molecule has 0 heterocycles. The lowest BCUT2D eigenvalue weighted by molar-refractivity contribution is 0.103. The smallest absolute Gasteiger partial charge is 0.0474 e. The van der Waals surface area contributed by atoms with Crippen molar-refractivity contribution < 1.29 is 4.74 Å². The molecule has 1 fully saturated rings. The van der Waals surface area contributed by atoms with Gasteiger partial charge in [0.25, 0.3) is 0 Å². The maximum absolute atomic E-state index is 5.19. The first-order chi connectivity index (χ1) is 9.72. The highest BCUT2D eigenvalue weighted by Gasteiger charge is 2.31. The summed E-state index contributed by atoms with van der Waals surface area (Å²) in [4.78, 5) is 2.58. The van der Waals surface area contributed by atoms with Crippen molar-refractivity contribution in [1.29, 1.82) is 0 Å². The Hall–Kier alpha value is -0.120. The molecule has 3 nitrogen and oxygen atoms in total. The van der Waals surface area contributed by atoms with E-state index in [2.05, 4.69) is 31.1 Å². The predicted molar refractivity (Wildman–Crippen MR) is 87.2 cm³/mol. The molecule has 0 aromatic heterocycles. The molecule has 3 atom stereocenters. The molecule has 0 aliphatic heterocycles. The minimum absolute atomic E-state index is 0.690. The molecule has 1 saturated carbocycles. The Kier molecular flexibility index (Phi) is 9.49. The topological polar surface area (TPSA) is 24.5 Å². The summed E-state index contributed by atoms with van der Waals surface area (Å²) in [5.74, 6) is 0.939. The molecule has 0 amide bonds. The Bertz CT molecular complexity index is 235. The molecule has 1 aliphatic carbocycles. The first-order valence-electron chi connectivity index (χ1n) is 8.65. The van der Waals surface area contributed by atoms with E-state index in [0.717, 1.165) is 32.0 Å². The van der Waals surface area contributed by atoms with Gasteiger partial charge in [-0.25, -0.2) is 0 Å². The van der Waals surface area contributed by atoms with Crippen LogP contribution in [0.15, 0.2) is 0 Å². The van der Waals surface area contributed by atoms with Crippen LogP contribution in [0.3, 0.4) is 0 Å². The van der Waals surface area contributed by atoms with Gasteiger partial charge in [-0.05, 0) is 51.6 Å². The predicted octanol–water partition coefficient (Wildman–Crippen LogP) is 3.29. The van der Waals surface area contributed by atoms with Gasteiger partial charge in [0.05, 0.1) is 0 Å². The summed E-state index contributed by atoms with van der Waals surface area (Å²) < 4.78 is 5.19. The number of rotatable bonds is 10. The summed E-state index contributed by atoms with van der Waals surface area (Å²) in [5.41, 5.74) is 0. The van der Waals surface area contributed by atoms with Crippen molar-refractivity contribution in [2.24, 2.45) is 5.92 Å². The lowest BCUT2D eigenvalue weighted by Crippen LogP contribution is -2.52. The van der Waals surface area contributed by atoms with Crippen LogP contribution in [0.25, 0.3) is 0 Å². The molecular weight excluding hydrogens is 248 g/mol. The molecule has 3 unspecified atom stereocenters. The maximum Gasteiger partial charge on any atom is 0.0474 e. The molecule has 0 aromatic carbocycles. The van der Waals surface area contributed by atoms with E-state index in [4.69, 9.17) is 4.74 Å². The molecule has 120 valence electrons. The molecule has 20 heavy (non-hydrogen) atoms. The standard InChI is InChI=1S/C17H36N2O/c1-5-8-15-9-10-16(18-11-6-2)17(14-15)19(3)12-7-13-20-4/h15-18H,5-14H2,1-4H3. The highest BCUT2D eigenvalue weighted by atomic mass is 16.5.